The molecule has 3 heteroatoms. The highest BCUT2D eigenvalue weighted by atomic mass is 16.1. The molecule has 104 valence electrons. The van der Waals surface area contributed by atoms with Gasteiger partial charge in [0, 0.05) is 19.0 Å². The summed E-state index contributed by atoms with van der Waals surface area (Å²) in [5, 5.41) is 6.49. The van der Waals surface area contributed by atoms with Gasteiger partial charge in [0.1, 0.15) is 0 Å². The van der Waals surface area contributed by atoms with Gasteiger partial charge in [-0.25, -0.2) is 0 Å². The third-order valence-electron chi connectivity index (χ3n) is 3.87. The number of carbonyl (C=O) groups is 1. The second-order valence-electron chi connectivity index (χ2n) is 5.39. The molecule has 0 radical (unpaired) electrons. The van der Waals surface area contributed by atoms with Crippen LogP contribution in [0.3, 0.4) is 0 Å². The van der Waals surface area contributed by atoms with Gasteiger partial charge in [-0.05, 0) is 43.9 Å². The van der Waals surface area contributed by atoms with Crippen LogP contribution in [0.1, 0.15) is 43.2 Å². The van der Waals surface area contributed by atoms with Crippen molar-refractivity contribution in [2.45, 2.75) is 51.6 Å². The first kappa shape index (κ1) is 14.1. The monoisotopic (exact) mass is 260 g/mol. The van der Waals surface area contributed by atoms with Crippen LogP contribution in [0.15, 0.2) is 24.3 Å². The first-order valence-electron chi connectivity index (χ1n) is 7.30. The van der Waals surface area contributed by atoms with E-state index in [1.165, 1.54) is 30.4 Å². The summed E-state index contributed by atoms with van der Waals surface area (Å²) in [5.41, 5.74) is 2.43. The van der Waals surface area contributed by atoms with Crippen LogP contribution in [0, 0.1) is 6.92 Å². The van der Waals surface area contributed by atoms with Crippen LogP contribution in [0.4, 0.5) is 0 Å². The van der Waals surface area contributed by atoms with Crippen molar-refractivity contribution in [3.63, 3.8) is 0 Å². The molecular weight excluding hydrogens is 236 g/mol. The molecule has 0 spiro atoms. The molecule has 1 heterocycles. The summed E-state index contributed by atoms with van der Waals surface area (Å²) in [6.45, 7) is 3.83. The Labute approximate surface area is 115 Å². The predicted molar refractivity (Wildman–Crippen MR) is 77.9 cm³/mol. The third-order valence-corrected chi connectivity index (χ3v) is 3.87. The van der Waals surface area contributed by atoms with Gasteiger partial charge in [0.05, 0.1) is 0 Å². The van der Waals surface area contributed by atoms with Crippen LogP contribution >= 0.6 is 0 Å². The number of aryl methyl sites for hydroxylation is 1. The average molecular weight is 260 g/mol. The summed E-state index contributed by atoms with van der Waals surface area (Å²) >= 11 is 0. The minimum Gasteiger partial charge on any atom is -0.352 e. The fraction of sp³-hybridized carbons (Fsp3) is 0.562. The normalized spacial score (nSPS) is 19.1. The van der Waals surface area contributed by atoms with Gasteiger partial charge in [0.15, 0.2) is 0 Å². The van der Waals surface area contributed by atoms with Crippen molar-refractivity contribution in [1.82, 2.24) is 10.6 Å². The Bertz CT molecular complexity index is 411. The number of hydrogen-bond acceptors (Lipinski definition) is 2. The summed E-state index contributed by atoms with van der Waals surface area (Å²) in [4.78, 5) is 11.8. The smallest absolute Gasteiger partial charge is 0.220 e. The zero-order valence-corrected chi connectivity index (χ0v) is 11.7. The van der Waals surface area contributed by atoms with E-state index in [1.54, 1.807) is 0 Å². The molecule has 2 rings (SSSR count). The Hall–Kier alpha value is -1.35. The van der Waals surface area contributed by atoms with Gasteiger partial charge in [0.2, 0.25) is 5.91 Å². The highest BCUT2D eigenvalue weighted by molar-refractivity contribution is 5.75. The molecule has 0 aromatic heterocycles. The number of amides is 1. The van der Waals surface area contributed by atoms with Crippen LogP contribution in [-0.4, -0.2) is 18.5 Å². The number of nitrogens with one attached hydrogen (secondary N) is 2. The molecule has 0 saturated carbocycles. The lowest BCUT2D eigenvalue weighted by molar-refractivity contribution is -0.121. The molecule has 1 unspecified atom stereocenters. The van der Waals surface area contributed by atoms with Crippen LogP contribution in [0.25, 0.3) is 0 Å². The van der Waals surface area contributed by atoms with E-state index in [1.807, 2.05) is 12.1 Å². The third kappa shape index (κ3) is 4.67. The molecule has 1 aliphatic rings. The Kier molecular flexibility index (Phi) is 5.40. The highest BCUT2D eigenvalue weighted by Gasteiger charge is 2.13. The van der Waals surface area contributed by atoms with E-state index in [-0.39, 0.29) is 5.91 Å². The summed E-state index contributed by atoms with van der Waals surface area (Å²) in [6, 6.07) is 8.72. The van der Waals surface area contributed by atoms with E-state index < -0.39 is 0 Å². The van der Waals surface area contributed by atoms with Crippen LogP contribution in [0.5, 0.6) is 0 Å². The fourth-order valence-corrected chi connectivity index (χ4v) is 2.57. The SMILES string of the molecule is Cc1ccccc1CNC(=O)CCC1CCCCN1. The van der Waals surface area contributed by atoms with Crippen LogP contribution in [-0.2, 0) is 11.3 Å². The van der Waals surface area contributed by atoms with Crippen molar-refractivity contribution in [3.05, 3.63) is 35.4 Å². The molecule has 1 fully saturated rings. The topological polar surface area (TPSA) is 41.1 Å². The van der Waals surface area contributed by atoms with Crippen LogP contribution < -0.4 is 10.6 Å². The lowest BCUT2D eigenvalue weighted by Crippen LogP contribution is -2.35. The maximum atomic E-state index is 11.8. The molecule has 1 atom stereocenters. The molecule has 3 nitrogen and oxygen atoms in total. The predicted octanol–water partition coefficient (Wildman–Crippen LogP) is 2.53. The fourth-order valence-electron chi connectivity index (χ4n) is 2.57. The van der Waals surface area contributed by atoms with Crippen molar-refractivity contribution >= 4 is 5.91 Å². The maximum Gasteiger partial charge on any atom is 0.220 e. The molecule has 1 aromatic rings. The van der Waals surface area contributed by atoms with E-state index in [9.17, 15) is 4.79 Å². The molecular formula is C16H24N2O. The van der Waals surface area contributed by atoms with E-state index in [4.69, 9.17) is 0 Å². The lowest BCUT2D eigenvalue weighted by Gasteiger charge is -2.23. The van der Waals surface area contributed by atoms with E-state index in [0.717, 1.165) is 13.0 Å². The summed E-state index contributed by atoms with van der Waals surface area (Å²) < 4.78 is 0. The Balaban J connectivity index is 1.68. The van der Waals surface area contributed by atoms with Crippen molar-refractivity contribution in [1.29, 1.82) is 0 Å². The number of carbonyl (C=O) groups excluding carboxylic acids is 1. The lowest BCUT2D eigenvalue weighted by atomic mass is 10.0. The highest BCUT2D eigenvalue weighted by Crippen LogP contribution is 2.12. The standard InChI is InChI=1S/C16H24N2O/c1-13-6-2-3-7-14(13)12-18-16(19)10-9-15-8-4-5-11-17-15/h2-3,6-7,15,17H,4-5,8-12H2,1H3,(H,18,19). The van der Waals surface area contributed by atoms with Gasteiger partial charge in [0.25, 0.3) is 0 Å². The molecule has 1 aliphatic heterocycles. The largest absolute Gasteiger partial charge is 0.352 e. The number of piperidine rings is 1. The zero-order valence-electron chi connectivity index (χ0n) is 11.7. The molecule has 0 bridgehead atoms. The summed E-state index contributed by atoms with van der Waals surface area (Å²) in [5.74, 6) is 0.163. The number of benzene rings is 1. The van der Waals surface area contributed by atoms with E-state index >= 15 is 0 Å². The minimum atomic E-state index is 0.163. The number of rotatable bonds is 5. The van der Waals surface area contributed by atoms with Gasteiger partial charge >= 0.3 is 0 Å². The van der Waals surface area contributed by atoms with Crippen molar-refractivity contribution in [3.8, 4) is 0 Å². The van der Waals surface area contributed by atoms with Gasteiger partial charge < -0.3 is 10.6 Å². The van der Waals surface area contributed by atoms with Crippen LogP contribution in [0.2, 0.25) is 0 Å². The van der Waals surface area contributed by atoms with Gasteiger partial charge in [-0.2, -0.15) is 0 Å². The molecule has 1 aromatic carbocycles. The molecule has 1 saturated heterocycles. The quantitative estimate of drug-likeness (QED) is 0.854. The first-order valence-corrected chi connectivity index (χ1v) is 7.30. The van der Waals surface area contributed by atoms with Gasteiger partial charge in [-0.15, -0.1) is 0 Å². The molecule has 19 heavy (non-hydrogen) atoms. The second-order valence-corrected chi connectivity index (χ2v) is 5.39. The van der Waals surface area contributed by atoms with E-state index in [0.29, 0.717) is 19.0 Å². The maximum absolute atomic E-state index is 11.8. The molecule has 2 N–H and O–H groups in total. The Morgan fingerprint density at radius 1 is 1.37 bits per heavy atom. The second kappa shape index (κ2) is 7.29. The van der Waals surface area contributed by atoms with E-state index in [2.05, 4.69) is 29.7 Å². The summed E-state index contributed by atoms with van der Waals surface area (Å²) in [6.07, 6.45) is 5.37. The molecule has 1 amide bonds. The summed E-state index contributed by atoms with van der Waals surface area (Å²) in [7, 11) is 0. The van der Waals surface area contributed by atoms with Gasteiger partial charge in [-0.3, -0.25) is 4.79 Å². The molecule has 0 aliphatic carbocycles. The number of hydrogen-bond donors (Lipinski definition) is 2. The first-order chi connectivity index (χ1) is 9.25. The van der Waals surface area contributed by atoms with Crippen molar-refractivity contribution in [2.24, 2.45) is 0 Å². The minimum absolute atomic E-state index is 0.163. The average Bonchev–Trinajstić information content (AvgIpc) is 2.45. The Morgan fingerprint density at radius 2 is 2.21 bits per heavy atom. The Morgan fingerprint density at radius 3 is 2.95 bits per heavy atom. The van der Waals surface area contributed by atoms with Gasteiger partial charge in [-0.1, -0.05) is 30.7 Å². The zero-order chi connectivity index (χ0) is 13.5. The van der Waals surface area contributed by atoms with Crippen molar-refractivity contribution < 1.29 is 4.79 Å². The van der Waals surface area contributed by atoms with Crippen molar-refractivity contribution in [2.75, 3.05) is 6.54 Å².